The number of benzene rings is 2. The summed E-state index contributed by atoms with van der Waals surface area (Å²) in [6.07, 6.45) is 1.78. The van der Waals surface area contributed by atoms with Gasteiger partial charge in [-0.25, -0.2) is 0 Å². The van der Waals surface area contributed by atoms with Gasteiger partial charge in [0.05, 0.1) is 12.2 Å². The lowest BCUT2D eigenvalue weighted by Gasteiger charge is -2.09. The van der Waals surface area contributed by atoms with Crippen LogP contribution in [-0.2, 0) is 18.9 Å². The Morgan fingerprint density at radius 1 is 0.594 bits per heavy atom. The molecule has 2 aromatic carbocycles. The third-order valence-corrected chi connectivity index (χ3v) is 5.27. The highest BCUT2D eigenvalue weighted by molar-refractivity contribution is 5.25. The van der Waals surface area contributed by atoms with Crippen LogP contribution in [0.2, 0.25) is 0 Å². The van der Waals surface area contributed by atoms with Gasteiger partial charge in [0, 0.05) is 11.1 Å². The van der Waals surface area contributed by atoms with Crippen LogP contribution in [0.4, 0.5) is 0 Å². The van der Waals surface area contributed by atoms with Crippen molar-refractivity contribution >= 4 is 0 Å². The minimum Gasteiger partial charge on any atom is -0.462 e. The van der Waals surface area contributed by atoms with Gasteiger partial charge in [0.1, 0.15) is 12.2 Å². The van der Waals surface area contributed by atoms with Crippen molar-refractivity contribution in [3.8, 4) is 24.1 Å². The highest BCUT2D eigenvalue weighted by atomic mass is 16.7. The molecule has 0 radical (unpaired) electrons. The van der Waals surface area contributed by atoms with Gasteiger partial charge in [-0.1, -0.05) is 59.7 Å². The average Bonchev–Trinajstić information content (AvgIpc) is 3.33. The summed E-state index contributed by atoms with van der Waals surface area (Å²) in [5.74, 6) is 4.87. The predicted molar refractivity (Wildman–Crippen MR) is 118 cm³/mol. The second kappa shape index (κ2) is 11.0. The highest BCUT2D eigenvalue weighted by Crippen LogP contribution is 2.31. The topological polar surface area (TPSA) is 77.4 Å². The molecule has 168 valence electrons. The molecule has 6 nitrogen and oxygen atoms in total. The van der Waals surface area contributed by atoms with Crippen LogP contribution in [0.1, 0.15) is 48.7 Å². The highest BCUT2D eigenvalue weighted by Gasteiger charge is 2.35. The van der Waals surface area contributed by atoms with E-state index in [4.69, 9.17) is 29.2 Å². The van der Waals surface area contributed by atoms with E-state index in [0.29, 0.717) is 0 Å². The van der Waals surface area contributed by atoms with Crippen molar-refractivity contribution in [2.75, 3.05) is 0 Å². The van der Waals surface area contributed by atoms with E-state index >= 15 is 0 Å². The molecule has 4 rings (SSSR count). The van der Waals surface area contributed by atoms with E-state index < -0.39 is 18.5 Å². The minimum atomic E-state index is -0.680. The Bertz CT molecular complexity index is 955. The molecule has 0 bridgehead atoms. The van der Waals surface area contributed by atoms with E-state index in [1.54, 1.807) is 12.2 Å². The van der Waals surface area contributed by atoms with Crippen LogP contribution in [0.5, 0.6) is 0 Å². The molecule has 2 aliphatic heterocycles. The zero-order valence-corrected chi connectivity index (χ0v) is 18.6. The molecule has 2 saturated heterocycles. The summed E-state index contributed by atoms with van der Waals surface area (Å²) < 4.78 is 22.4. The number of ether oxygens (including phenoxy) is 4. The van der Waals surface area contributed by atoms with Crippen molar-refractivity contribution in [2.24, 2.45) is 0 Å². The van der Waals surface area contributed by atoms with Crippen molar-refractivity contribution in [3.63, 3.8) is 0 Å². The lowest BCUT2D eigenvalue weighted by molar-refractivity contribution is -0.0652. The van der Waals surface area contributed by atoms with Crippen molar-refractivity contribution in [2.45, 2.75) is 64.7 Å². The molecule has 2 aromatic rings. The first kappa shape index (κ1) is 23.7. The van der Waals surface area contributed by atoms with Crippen LogP contribution in [-0.4, -0.2) is 34.6 Å². The lowest BCUT2D eigenvalue weighted by Crippen LogP contribution is -2.18. The van der Waals surface area contributed by atoms with Crippen molar-refractivity contribution in [3.05, 3.63) is 70.8 Å². The van der Waals surface area contributed by atoms with E-state index in [1.165, 1.54) is 5.56 Å². The fourth-order valence-corrected chi connectivity index (χ4v) is 3.19. The molecule has 2 N–H and O–H groups in total. The number of hydrogen-bond donors (Lipinski definition) is 2. The van der Waals surface area contributed by atoms with Gasteiger partial charge in [0.25, 0.3) is 0 Å². The van der Waals surface area contributed by atoms with Crippen LogP contribution in [0, 0.1) is 37.9 Å². The molecule has 2 aliphatic rings. The van der Waals surface area contributed by atoms with Crippen LogP contribution in [0.15, 0.2) is 48.5 Å². The molecular formula is C26H28O6. The molecule has 0 aromatic heterocycles. The summed E-state index contributed by atoms with van der Waals surface area (Å²) in [6, 6.07) is 15.9. The van der Waals surface area contributed by atoms with E-state index in [0.717, 1.165) is 16.7 Å². The maximum Gasteiger partial charge on any atom is 0.187 e. The lowest BCUT2D eigenvalue weighted by atomic mass is 10.1. The van der Waals surface area contributed by atoms with Crippen LogP contribution in [0.3, 0.4) is 0 Å². The van der Waals surface area contributed by atoms with Crippen molar-refractivity contribution in [1.29, 1.82) is 0 Å². The third-order valence-electron chi connectivity index (χ3n) is 5.27. The molecular weight excluding hydrogens is 408 g/mol. The summed E-state index contributed by atoms with van der Waals surface area (Å²) in [5, 5.41) is 17.2. The SMILES string of the molecule is Cc1ccc(C2OC(C#CO)C(C#CO)O2)cc1.Cc1ccc(C2OC(C)[C@H](C)O2)cc1. The normalized spacial score (nSPS) is 28.5. The van der Waals surface area contributed by atoms with Gasteiger partial charge in [-0.2, -0.15) is 0 Å². The average molecular weight is 437 g/mol. The Labute approximate surface area is 189 Å². The molecule has 2 fully saturated rings. The molecule has 32 heavy (non-hydrogen) atoms. The summed E-state index contributed by atoms with van der Waals surface area (Å²) in [4.78, 5) is 0. The molecule has 5 atom stereocenters. The first-order chi connectivity index (χ1) is 15.4. The van der Waals surface area contributed by atoms with Crippen LogP contribution < -0.4 is 0 Å². The fourth-order valence-electron chi connectivity index (χ4n) is 3.19. The quantitative estimate of drug-likeness (QED) is 0.685. The summed E-state index contributed by atoms with van der Waals surface area (Å²) in [5.41, 5.74) is 4.34. The van der Waals surface area contributed by atoms with Gasteiger partial charge < -0.3 is 29.2 Å². The number of aliphatic hydroxyl groups is 2. The number of aliphatic hydroxyl groups excluding tert-OH is 2. The van der Waals surface area contributed by atoms with E-state index in [-0.39, 0.29) is 18.5 Å². The van der Waals surface area contributed by atoms with Crippen molar-refractivity contribution < 1.29 is 29.2 Å². The van der Waals surface area contributed by atoms with E-state index in [2.05, 4.69) is 43.0 Å². The Balaban J connectivity index is 0.000000186. The monoisotopic (exact) mass is 436 g/mol. The Morgan fingerprint density at radius 2 is 0.938 bits per heavy atom. The number of hydrogen-bond acceptors (Lipinski definition) is 6. The van der Waals surface area contributed by atoms with Crippen LogP contribution in [0.25, 0.3) is 0 Å². The first-order valence-corrected chi connectivity index (χ1v) is 10.5. The van der Waals surface area contributed by atoms with E-state index in [1.807, 2.05) is 45.0 Å². The maximum atomic E-state index is 8.60. The fraction of sp³-hybridized carbons (Fsp3) is 0.385. The molecule has 2 heterocycles. The third kappa shape index (κ3) is 6.03. The van der Waals surface area contributed by atoms with Crippen molar-refractivity contribution in [1.82, 2.24) is 0 Å². The van der Waals surface area contributed by atoms with Gasteiger partial charge in [-0.05, 0) is 39.5 Å². The molecule has 6 heteroatoms. The van der Waals surface area contributed by atoms with Gasteiger partial charge in [0.15, 0.2) is 24.8 Å². The molecule has 0 saturated carbocycles. The molecule has 4 unspecified atom stereocenters. The number of aryl methyl sites for hydroxylation is 2. The number of rotatable bonds is 2. The van der Waals surface area contributed by atoms with E-state index in [9.17, 15) is 0 Å². The minimum absolute atomic E-state index is 0.180. The smallest absolute Gasteiger partial charge is 0.187 e. The first-order valence-electron chi connectivity index (χ1n) is 10.5. The van der Waals surface area contributed by atoms with Crippen LogP contribution >= 0.6 is 0 Å². The molecule has 0 spiro atoms. The zero-order chi connectivity index (χ0) is 23.1. The second-order valence-electron chi connectivity index (χ2n) is 7.79. The maximum absolute atomic E-state index is 8.60. The van der Waals surface area contributed by atoms with Gasteiger partial charge in [0.2, 0.25) is 0 Å². The van der Waals surface area contributed by atoms with Gasteiger partial charge >= 0.3 is 0 Å². The summed E-state index contributed by atoms with van der Waals surface area (Å²) in [6.45, 7) is 8.14. The Morgan fingerprint density at radius 3 is 1.28 bits per heavy atom. The Hall–Kier alpha value is -3.00. The summed E-state index contributed by atoms with van der Waals surface area (Å²) in [7, 11) is 0. The Kier molecular flexibility index (Phi) is 8.16. The summed E-state index contributed by atoms with van der Waals surface area (Å²) >= 11 is 0. The van der Waals surface area contributed by atoms with Gasteiger partial charge in [-0.15, -0.1) is 0 Å². The largest absolute Gasteiger partial charge is 0.462 e. The zero-order valence-electron chi connectivity index (χ0n) is 18.6. The standard InChI is InChI=1S/C14H12O4.C12H16O2/c1-10-2-4-11(5-3-10)14-17-12(6-8-15)13(18-14)7-9-16;1-8-4-6-11(7-5-8)12-13-9(2)10(3)14-12/h2-5,12-16H,1H3;4-7,9-10,12H,1-3H3/t;9-,10?,12?/m.0/s1. The molecule has 0 amide bonds. The molecule has 0 aliphatic carbocycles. The predicted octanol–water partition coefficient (Wildman–Crippen LogP) is 4.26. The second-order valence-corrected chi connectivity index (χ2v) is 7.79. The van der Waals surface area contributed by atoms with Gasteiger partial charge in [-0.3, -0.25) is 0 Å².